The van der Waals surface area contributed by atoms with Gasteiger partial charge in [0.05, 0.1) is 0 Å². The van der Waals surface area contributed by atoms with Crippen LogP contribution in [0.5, 0.6) is 0 Å². The Bertz CT molecular complexity index is 741. The Kier molecular flexibility index (Phi) is 6.00. The molecule has 0 amide bonds. The van der Waals surface area contributed by atoms with Crippen LogP contribution in [0.4, 0.5) is 0 Å². The average Bonchev–Trinajstić information content (AvgIpc) is 2.53. The van der Waals surface area contributed by atoms with E-state index < -0.39 is 0 Å². The molecule has 27 heavy (non-hydrogen) atoms. The normalized spacial score (nSPS) is 14.3. The maximum atomic E-state index is 2.44. The van der Waals surface area contributed by atoms with Gasteiger partial charge in [-0.2, -0.15) is 0 Å². The standard InChI is InChI=1S/C27H40/c1-11-21(19-14-12-15-20(18-19)25(2,3)4)24-22(26(5,6)7)16-13-17-23(24)27(8,9)10/h12-18,21H,11H2,1-10H3. The Hall–Kier alpha value is -1.56. The van der Waals surface area contributed by atoms with Crippen LogP contribution >= 0.6 is 0 Å². The largest absolute Gasteiger partial charge is 0.0645 e. The molecule has 0 radical (unpaired) electrons. The van der Waals surface area contributed by atoms with Crippen molar-refractivity contribution in [3.8, 4) is 0 Å². The third-order valence-electron chi connectivity index (χ3n) is 5.63. The average molecular weight is 365 g/mol. The first-order valence-corrected chi connectivity index (χ1v) is 10.5. The molecule has 0 heteroatoms. The zero-order chi connectivity index (χ0) is 20.6. The molecule has 0 N–H and O–H groups in total. The molecule has 0 saturated heterocycles. The maximum Gasteiger partial charge on any atom is 0.00927 e. The van der Waals surface area contributed by atoms with Gasteiger partial charge in [-0.25, -0.2) is 0 Å². The van der Waals surface area contributed by atoms with Gasteiger partial charge in [0.2, 0.25) is 0 Å². The second-order valence-electron chi connectivity index (χ2n) is 11.1. The summed E-state index contributed by atoms with van der Waals surface area (Å²) in [5.41, 5.74) is 7.83. The Balaban J connectivity index is 2.77. The summed E-state index contributed by atoms with van der Waals surface area (Å²) in [6.45, 7) is 23.3. The smallest absolute Gasteiger partial charge is 0.00927 e. The molecule has 2 aromatic carbocycles. The second-order valence-corrected chi connectivity index (χ2v) is 11.1. The number of hydrogen-bond acceptors (Lipinski definition) is 0. The van der Waals surface area contributed by atoms with Crippen LogP contribution in [0.15, 0.2) is 42.5 Å². The molecule has 148 valence electrons. The van der Waals surface area contributed by atoms with Gasteiger partial charge in [-0.1, -0.05) is 112 Å². The summed E-state index contributed by atoms with van der Waals surface area (Å²) in [6, 6.07) is 16.2. The minimum atomic E-state index is 0.131. The van der Waals surface area contributed by atoms with Gasteiger partial charge in [0.15, 0.2) is 0 Å². The van der Waals surface area contributed by atoms with Crippen molar-refractivity contribution in [1.82, 2.24) is 0 Å². The first kappa shape index (κ1) is 21.7. The molecule has 0 aliphatic carbocycles. The summed E-state index contributed by atoms with van der Waals surface area (Å²) in [4.78, 5) is 0. The van der Waals surface area contributed by atoms with Crippen molar-refractivity contribution in [1.29, 1.82) is 0 Å². The SMILES string of the molecule is CCC(c1cccc(C(C)(C)C)c1)c1c(C(C)(C)C)cccc1C(C)(C)C. The molecule has 1 atom stereocenters. The van der Waals surface area contributed by atoms with Crippen LogP contribution in [0.25, 0.3) is 0 Å². The molecular weight excluding hydrogens is 324 g/mol. The van der Waals surface area contributed by atoms with Crippen molar-refractivity contribution < 1.29 is 0 Å². The van der Waals surface area contributed by atoms with E-state index in [1.165, 1.54) is 22.3 Å². The van der Waals surface area contributed by atoms with Crippen molar-refractivity contribution in [2.45, 2.75) is 97.8 Å². The van der Waals surface area contributed by atoms with Gasteiger partial charge < -0.3 is 0 Å². The van der Waals surface area contributed by atoms with Crippen LogP contribution in [0, 0.1) is 0 Å². The van der Waals surface area contributed by atoms with Crippen LogP contribution in [-0.4, -0.2) is 0 Å². The first-order valence-electron chi connectivity index (χ1n) is 10.5. The van der Waals surface area contributed by atoms with Gasteiger partial charge in [0.25, 0.3) is 0 Å². The van der Waals surface area contributed by atoms with Crippen LogP contribution < -0.4 is 0 Å². The van der Waals surface area contributed by atoms with Gasteiger partial charge in [0.1, 0.15) is 0 Å². The number of hydrogen-bond donors (Lipinski definition) is 0. The van der Waals surface area contributed by atoms with Gasteiger partial charge >= 0.3 is 0 Å². The Labute approximate surface area is 168 Å². The van der Waals surface area contributed by atoms with Gasteiger partial charge in [-0.15, -0.1) is 0 Å². The maximum absolute atomic E-state index is 2.44. The summed E-state index contributed by atoms with van der Waals surface area (Å²) >= 11 is 0. The molecule has 0 bridgehead atoms. The van der Waals surface area contributed by atoms with Crippen LogP contribution in [0.1, 0.15) is 109 Å². The molecule has 0 fully saturated rings. The molecule has 1 unspecified atom stereocenters. The van der Waals surface area contributed by atoms with Gasteiger partial charge in [0, 0.05) is 5.92 Å². The van der Waals surface area contributed by atoms with Crippen molar-refractivity contribution in [3.63, 3.8) is 0 Å². The Morgan fingerprint density at radius 1 is 0.667 bits per heavy atom. The van der Waals surface area contributed by atoms with E-state index in [1.54, 1.807) is 5.56 Å². The quantitative estimate of drug-likeness (QED) is 0.516. The van der Waals surface area contributed by atoms with E-state index in [1.807, 2.05) is 0 Å². The van der Waals surface area contributed by atoms with E-state index in [9.17, 15) is 0 Å². The lowest BCUT2D eigenvalue weighted by Gasteiger charge is -2.34. The minimum absolute atomic E-state index is 0.131. The van der Waals surface area contributed by atoms with Gasteiger partial charge in [-0.05, 0) is 50.5 Å². The highest BCUT2D eigenvalue weighted by molar-refractivity contribution is 5.49. The summed E-state index contributed by atoms with van der Waals surface area (Å²) < 4.78 is 0. The van der Waals surface area contributed by atoms with E-state index in [4.69, 9.17) is 0 Å². The molecule has 0 heterocycles. The fraction of sp³-hybridized carbons (Fsp3) is 0.556. The fourth-order valence-electron chi connectivity index (χ4n) is 4.08. The van der Waals surface area contributed by atoms with E-state index >= 15 is 0 Å². The Morgan fingerprint density at radius 3 is 1.56 bits per heavy atom. The molecule has 2 rings (SSSR count). The highest BCUT2D eigenvalue weighted by atomic mass is 14.3. The van der Waals surface area contributed by atoms with Crippen LogP contribution in [0.3, 0.4) is 0 Å². The third-order valence-corrected chi connectivity index (χ3v) is 5.63. The van der Waals surface area contributed by atoms with E-state index in [2.05, 4.69) is 112 Å². The molecule has 0 nitrogen and oxygen atoms in total. The lowest BCUT2D eigenvalue weighted by molar-refractivity contribution is 0.542. The van der Waals surface area contributed by atoms with E-state index in [-0.39, 0.29) is 16.2 Å². The van der Waals surface area contributed by atoms with Crippen molar-refractivity contribution in [2.24, 2.45) is 0 Å². The predicted molar refractivity (Wildman–Crippen MR) is 121 cm³/mol. The minimum Gasteiger partial charge on any atom is -0.0645 e. The first-order chi connectivity index (χ1) is 12.3. The summed E-state index contributed by atoms with van der Waals surface area (Å²) in [7, 11) is 0. The van der Waals surface area contributed by atoms with Crippen LogP contribution in [0.2, 0.25) is 0 Å². The molecular formula is C27H40. The van der Waals surface area contributed by atoms with Crippen molar-refractivity contribution >= 4 is 0 Å². The van der Waals surface area contributed by atoms with Crippen molar-refractivity contribution in [2.75, 3.05) is 0 Å². The molecule has 2 aromatic rings. The van der Waals surface area contributed by atoms with Crippen molar-refractivity contribution in [3.05, 3.63) is 70.3 Å². The third kappa shape index (κ3) is 4.84. The molecule has 0 aliphatic rings. The second kappa shape index (κ2) is 7.46. The lowest BCUT2D eigenvalue weighted by Crippen LogP contribution is -2.23. The number of rotatable bonds is 3. The zero-order valence-corrected chi connectivity index (χ0v) is 19.3. The van der Waals surface area contributed by atoms with Crippen LogP contribution in [-0.2, 0) is 16.2 Å². The van der Waals surface area contributed by atoms with E-state index in [0.717, 1.165) is 6.42 Å². The monoisotopic (exact) mass is 364 g/mol. The highest BCUT2D eigenvalue weighted by Gasteiger charge is 2.30. The summed E-state index contributed by atoms with van der Waals surface area (Å²) in [5, 5.41) is 0. The topological polar surface area (TPSA) is 0 Å². The predicted octanol–water partition coefficient (Wildman–Crippen LogP) is 8.12. The molecule has 0 saturated carbocycles. The molecule has 0 spiro atoms. The highest BCUT2D eigenvalue weighted by Crippen LogP contribution is 2.42. The lowest BCUT2D eigenvalue weighted by atomic mass is 9.70. The fourth-order valence-corrected chi connectivity index (χ4v) is 4.08. The zero-order valence-electron chi connectivity index (χ0n) is 19.3. The Morgan fingerprint density at radius 2 is 1.15 bits per heavy atom. The van der Waals surface area contributed by atoms with E-state index in [0.29, 0.717) is 5.92 Å². The molecule has 0 aromatic heterocycles. The summed E-state index contributed by atoms with van der Waals surface area (Å²) in [5.74, 6) is 0.428. The number of benzene rings is 2. The molecule has 0 aliphatic heterocycles. The summed E-state index contributed by atoms with van der Waals surface area (Å²) in [6.07, 6.45) is 1.11. The van der Waals surface area contributed by atoms with Gasteiger partial charge in [-0.3, -0.25) is 0 Å².